The van der Waals surface area contributed by atoms with Gasteiger partial charge in [0.25, 0.3) is 0 Å². The number of rotatable bonds is 5. The van der Waals surface area contributed by atoms with E-state index in [-0.39, 0.29) is 5.56 Å². The van der Waals surface area contributed by atoms with E-state index in [2.05, 4.69) is 0 Å². The van der Waals surface area contributed by atoms with Gasteiger partial charge in [0.05, 0.1) is 0 Å². The Kier molecular flexibility index (Phi) is 4.13. The summed E-state index contributed by atoms with van der Waals surface area (Å²) in [5, 5.41) is 8.95. The Labute approximate surface area is 94.4 Å². The number of carbonyl (C=O) groups is 1. The zero-order chi connectivity index (χ0) is 12.1. The van der Waals surface area contributed by atoms with Crippen molar-refractivity contribution in [3.8, 4) is 5.75 Å². The van der Waals surface area contributed by atoms with Gasteiger partial charge in [0, 0.05) is 12.2 Å². The zero-order valence-electron chi connectivity index (χ0n) is 9.43. The van der Waals surface area contributed by atoms with Crippen LogP contribution in [0, 0.1) is 0 Å². The third-order valence-electron chi connectivity index (χ3n) is 2.03. The molecule has 0 atom stereocenters. The quantitative estimate of drug-likeness (QED) is 0.727. The van der Waals surface area contributed by atoms with Crippen LogP contribution < -0.4 is 10.5 Å². The number of hydrogen-bond donors (Lipinski definition) is 2. The Morgan fingerprint density at radius 2 is 2.19 bits per heavy atom. The van der Waals surface area contributed by atoms with Crippen molar-refractivity contribution in [2.75, 3.05) is 33.0 Å². The maximum Gasteiger partial charge on any atom is 0.339 e. The van der Waals surface area contributed by atoms with E-state index in [1.54, 1.807) is 12.1 Å². The highest BCUT2D eigenvalue weighted by Crippen LogP contribution is 2.21. The van der Waals surface area contributed by atoms with Gasteiger partial charge in [-0.15, -0.1) is 0 Å². The molecule has 0 fully saturated rings. The fourth-order valence-electron chi connectivity index (χ4n) is 1.18. The van der Waals surface area contributed by atoms with E-state index < -0.39 is 5.97 Å². The molecule has 5 nitrogen and oxygen atoms in total. The van der Waals surface area contributed by atoms with Gasteiger partial charge in [0.15, 0.2) is 0 Å². The smallest absolute Gasteiger partial charge is 0.339 e. The van der Waals surface area contributed by atoms with Crippen LogP contribution in [0.3, 0.4) is 0 Å². The van der Waals surface area contributed by atoms with Gasteiger partial charge in [0.1, 0.15) is 17.9 Å². The summed E-state index contributed by atoms with van der Waals surface area (Å²) >= 11 is 0. The monoisotopic (exact) mass is 224 g/mol. The fraction of sp³-hybridized carbons (Fsp3) is 0.364. The number of carboxylic acids is 1. The molecule has 1 aromatic rings. The van der Waals surface area contributed by atoms with Crippen molar-refractivity contribution >= 4 is 11.7 Å². The van der Waals surface area contributed by atoms with Gasteiger partial charge in [-0.2, -0.15) is 0 Å². The number of ether oxygens (including phenoxy) is 1. The van der Waals surface area contributed by atoms with Crippen molar-refractivity contribution in [2.24, 2.45) is 0 Å². The molecule has 1 rings (SSSR count). The maximum absolute atomic E-state index is 10.9. The van der Waals surface area contributed by atoms with Gasteiger partial charge in [-0.3, -0.25) is 0 Å². The van der Waals surface area contributed by atoms with Crippen molar-refractivity contribution in [3.05, 3.63) is 23.8 Å². The second-order valence-electron chi connectivity index (χ2n) is 3.71. The maximum atomic E-state index is 10.9. The van der Waals surface area contributed by atoms with E-state index in [1.165, 1.54) is 6.07 Å². The van der Waals surface area contributed by atoms with Crippen molar-refractivity contribution in [1.29, 1.82) is 0 Å². The molecule has 0 unspecified atom stereocenters. The molecule has 0 saturated carbocycles. The molecule has 0 heterocycles. The molecule has 0 spiro atoms. The van der Waals surface area contributed by atoms with Crippen molar-refractivity contribution < 1.29 is 14.6 Å². The third-order valence-corrected chi connectivity index (χ3v) is 2.03. The summed E-state index contributed by atoms with van der Waals surface area (Å²) in [5.74, 6) is -0.685. The topological polar surface area (TPSA) is 75.8 Å². The Hall–Kier alpha value is -1.75. The van der Waals surface area contributed by atoms with Crippen LogP contribution >= 0.6 is 0 Å². The van der Waals surface area contributed by atoms with E-state index in [4.69, 9.17) is 15.6 Å². The SMILES string of the molecule is CN(C)CCOc1ccc(N)cc1C(=O)O. The average molecular weight is 224 g/mol. The molecule has 3 N–H and O–H groups in total. The molecule has 16 heavy (non-hydrogen) atoms. The second-order valence-corrected chi connectivity index (χ2v) is 3.71. The van der Waals surface area contributed by atoms with Gasteiger partial charge in [0.2, 0.25) is 0 Å². The molecule has 0 saturated heterocycles. The molecule has 5 heteroatoms. The Morgan fingerprint density at radius 3 is 2.75 bits per heavy atom. The molecule has 0 bridgehead atoms. The van der Waals surface area contributed by atoms with Crippen molar-refractivity contribution in [1.82, 2.24) is 4.90 Å². The molecular formula is C11H16N2O3. The number of benzene rings is 1. The second kappa shape index (κ2) is 5.37. The number of likely N-dealkylation sites (N-methyl/N-ethyl adjacent to an activating group) is 1. The van der Waals surface area contributed by atoms with Crippen LogP contribution in [-0.4, -0.2) is 43.2 Å². The number of hydrogen-bond acceptors (Lipinski definition) is 4. The molecular weight excluding hydrogens is 208 g/mol. The van der Waals surface area contributed by atoms with Crippen LogP contribution in [0.25, 0.3) is 0 Å². The number of nitrogens with zero attached hydrogens (tertiary/aromatic N) is 1. The van der Waals surface area contributed by atoms with Crippen LogP contribution in [-0.2, 0) is 0 Å². The molecule has 1 aromatic carbocycles. The summed E-state index contributed by atoms with van der Waals surface area (Å²) in [4.78, 5) is 12.9. The first kappa shape index (κ1) is 12.3. The van der Waals surface area contributed by atoms with Crippen LogP contribution in [0.15, 0.2) is 18.2 Å². The first-order valence-corrected chi connectivity index (χ1v) is 4.91. The van der Waals surface area contributed by atoms with Gasteiger partial charge in [-0.1, -0.05) is 0 Å². The van der Waals surface area contributed by atoms with Crippen LogP contribution in [0.4, 0.5) is 5.69 Å². The van der Waals surface area contributed by atoms with E-state index in [9.17, 15) is 4.79 Å². The summed E-state index contributed by atoms with van der Waals surface area (Å²) in [7, 11) is 3.84. The highest BCUT2D eigenvalue weighted by molar-refractivity contribution is 5.92. The first-order valence-electron chi connectivity index (χ1n) is 4.91. The Balaban J connectivity index is 2.75. The normalized spacial score (nSPS) is 10.4. The predicted octanol–water partition coefficient (Wildman–Crippen LogP) is 0.907. The highest BCUT2D eigenvalue weighted by atomic mass is 16.5. The molecule has 0 amide bonds. The lowest BCUT2D eigenvalue weighted by atomic mass is 10.2. The third kappa shape index (κ3) is 3.43. The minimum Gasteiger partial charge on any atom is -0.491 e. The fourth-order valence-corrected chi connectivity index (χ4v) is 1.18. The lowest BCUT2D eigenvalue weighted by Crippen LogP contribution is -2.20. The summed E-state index contributed by atoms with van der Waals surface area (Å²) < 4.78 is 5.39. The zero-order valence-corrected chi connectivity index (χ0v) is 9.43. The highest BCUT2D eigenvalue weighted by Gasteiger charge is 2.11. The van der Waals surface area contributed by atoms with E-state index in [1.807, 2.05) is 19.0 Å². The largest absolute Gasteiger partial charge is 0.491 e. The molecule has 88 valence electrons. The number of anilines is 1. The molecule has 0 aliphatic rings. The molecule has 0 aromatic heterocycles. The van der Waals surface area contributed by atoms with Crippen LogP contribution in [0.5, 0.6) is 5.75 Å². The predicted molar refractivity (Wildman–Crippen MR) is 61.9 cm³/mol. The van der Waals surface area contributed by atoms with Gasteiger partial charge < -0.3 is 20.5 Å². The number of nitrogens with two attached hydrogens (primary N) is 1. The number of carboxylic acid groups (broad SMARTS) is 1. The molecule has 0 aliphatic heterocycles. The lowest BCUT2D eigenvalue weighted by molar-refractivity contribution is 0.0692. The number of nitrogen functional groups attached to an aromatic ring is 1. The summed E-state index contributed by atoms with van der Waals surface area (Å²) in [6.45, 7) is 1.17. The van der Waals surface area contributed by atoms with E-state index >= 15 is 0 Å². The lowest BCUT2D eigenvalue weighted by Gasteiger charge is -2.12. The van der Waals surface area contributed by atoms with Gasteiger partial charge in [-0.25, -0.2) is 4.79 Å². The minimum absolute atomic E-state index is 0.0961. The molecule has 0 radical (unpaired) electrons. The van der Waals surface area contributed by atoms with Crippen molar-refractivity contribution in [2.45, 2.75) is 0 Å². The Morgan fingerprint density at radius 1 is 1.50 bits per heavy atom. The first-order chi connectivity index (χ1) is 7.50. The van der Waals surface area contributed by atoms with E-state index in [0.717, 1.165) is 6.54 Å². The van der Waals surface area contributed by atoms with E-state index in [0.29, 0.717) is 18.0 Å². The standard InChI is InChI=1S/C11H16N2O3/c1-13(2)5-6-16-10-4-3-8(12)7-9(10)11(14)15/h3-4,7H,5-6,12H2,1-2H3,(H,14,15). The molecule has 0 aliphatic carbocycles. The summed E-state index contributed by atoms with van der Waals surface area (Å²) in [5.41, 5.74) is 6.03. The summed E-state index contributed by atoms with van der Waals surface area (Å²) in [6, 6.07) is 4.60. The van der Waals surface area contributed by atoms with Crippen LogP contribution in [0.1, 0.15) is 10.4 Å². The minimum atomic E-state index is -1.04. The number of aromatic carboxylic acids is 1. The van der Waals surface area contributed by atoms with Gasteiger partial charge in [-0.05, 0) is 32.3 Å². The van der Waals surface area contributed by atoms with Gasteiger partial charge >= 0.3 is 5.97 Å². The average Bonchev–Trinajstić information content (AvgIpc) is 2.19. The summed E-state index contributed by atoms with van der Waals surface area (Å²) in [6.07, 6.45) is 0. The van der Waals surface area contributed by atoms with Crippen molar-refractivity contribution in [3.63, 3.8) is 0 Å². The Bertz CT molecular complexity index is 377. The van der Waals surface area contributed by atoms with Crippen LogP contribution in [0.2, 0.25) is 0 Å².